The van der Waals surface area contributed by atoms with E-state index in [1.54, 1.807) is 7.05 Å². The minimum Gasteiger partial charge on any atom is -0.282 e. The van der Waals surface area contributed by atoms with Crippen molar-refractivity contribution in [2.45, 2.75) is 31.7 Å². The van der Waals surface area contributed by atoms with Gasteiger partial charge in [-0.3, -0.25) is 4.57 Å². The first-order chi connectivity index (χ1) is 7.59. The van der Waals surface area contributed by atoms with Gasteiger partial charge in [0, 0.05) is 13.0 Å². The molecule has 1 aromatic heterocycles. The van der Waals surface area contributed by atoms with Gasteiger partial charge in [-0.05, 0) is 12.8 Å². The zero-order chi connectivity index (χ0) is 11.7. The Morgan fingerprint density at radius 3 is 2.69 bits per heavy atom. The molecule has 0 fully saturated rings. The summed E-state index contributed by atoms with van der Waals surface area (Å²) in [4.78, 5) is 11.6. The number of aromatic nitrogens is 3. The van der Waals surface area contributed by atoms with Gasteiger partial charge in [0.05, 0.1) is 0 Å². The number of hydrogen-bond donors (Lipinski definition) is 0. The number of rotatable bonds is 3. The van der Waals surface area contributed by atoms with E-state index in [9.17, 15) is 13.6 Å². The Labute approximate surface area is 91.2 Å². The number of allylic oxidation sites excluding steroid dienone is 2. The summed E-state index contributed by atoms with van der Waals surface area (Å²) < 4.78 is 26.6. The third kappa shape index (κ3) is 1.91. The summed E-state index contributed by atoms with van der Waals surface area (Å²) in [7, 11) is 1.57. The summed E-state index contributed by atoms with van der Waals surface area (Å²) in [6.07, 6.45) is 3.11. The van der Waals surface area contributed by atoms with E-state index in [0.29, 0.717) is 5.82 Å². The molecule has 0 amide bonds. The van der Waals surface area contributed by atoms with Crippen molar-refractivity contribution < 1.29 is 8.78 Å². The van der Waals surface area contributed by atoms with Crippen molar-refractivity contribution in [2.24, 2.45) is 7.05 Å². The van der Waals surface area contributed by atoms with Crippen LogP contribution in [0.1, 0.15) is 24.6 Å². The standard InChI is InChI=1S/C10H13F2N3O/c1-14-9(7-4-2-3-5-7)13-15(10(14)16)6-8(11)12/h2-3,7-8H,4-6H2,1H3. The van der Waals surface area contributed by atoms with Crippen molar-refractivity contribution in [3.05, 3.63) is 28.5 Å². The van der Waals surface area contributed by atoms with Gasteiger partial charge in [-0.25, -0.2) is 18.3 Å². The number of alkyl halides is 2. The number of nitrogens with zero attached hydrogens (tertiary/aromatic N) is 3. The Kier molecular flexibility index (Phi) is 2.89. The molecule has 6 heteroatoms. The van der Waals surface area contributed by atoms with Crippen molar-refractivity contribution in [1.29, 1.82) is 0 Å². The highest BCUT2D eigenvalue weighted by Gasteiger charge is 2.21. The quantitative estimate of drug-likeness (QED) is 0.732. The van der Waals surface area contributed by atoms with Gasteiger partial charge in [-0.1, -0.05) is 12.2 Å². The van der Waals surface area contributed by atoms with Crippen LogP contribution in [0, 0.1) is 0 Å². The van der Waals surface area contributed by atoms with Crippen LogP contribution in [0.2, 0.25) is 0 Å². The average molecular weight is 229 g/mol. The lowest BCUT2D eigenvalue weighted by atomic mass is 10.1. The van der Waals surface area contributed by atoms with E-state index in [1.807, 2.05) is 12.2 Å². The zero-order valence-corrected chi connectivity index (χ0v) is 8.94. The van der Waals surface area contributed by atoms with Gasteiger partial charge in [0.1, 0.15) is 12.4 Å². The van der Waals surface area contributed by atoms with E-state index >= 15 is 0 Å². The second-order valence-corrected chi connectivity index (χ2v) is 3.91. The van der Waals surface area contributed by atoms with Crippen molar-refractivity contribution in [3.8, 4) is 0 Å². The molecule has 1 heterocycles. The fraction of sp³-hybridized carbons (Fsp3) is 0.600. The highest BCUT2D eigenvalue weighted by molar-refractivity contribution is 5.08. The fourth-order valence-corrected chi connectivity index (χ4v) is 1.94. The van der Waals surface area contributed by atoms with E-state index < -0.39 is 18.7 Å². The summed E-state index contributed by atoms with van der Waals surface area (Å²) >= 11 is 0. The Bertz CT molecular complexity index is 453. The van der Waals surface area contributed by atoms with Crippen LogP contribution in [0.4, 0.5) is 8.78 Å². The van der Waals surface area contributed by atoms with E-state index in [0.717, 1.165) is 17.5 Å². The second kappa shape index (κ2) is 4.19. The van der Waals surface area contributed by atoms with Crippen molar-refractivity contribution in [3.63, 3.8) is 0 Å². The van der Waals surface area contributed by atoms with Crippen LogP contribution >= 0.6 is 0 Å². The maximum atomic E-state index is 12.2. The van der Waals surface area contributed by atoms with Gasteiger partial charge < -0.3 is 0 Å². The summed E-state index contributed by atoms with van der Waals surface area (Å²) in [6, 6.07) is 0. The normalized spacial score (nSPS) is 16.5. The molecule has 0 aliphatic heterocycles. The first-order valence-corrected chi connectivity index (χ1v) is 5.16. The van der Waals surface area contributed by atoms with E-state index in [4.69, 9.17) is 0 Å². The summed E-state index contributed by atoms with van der Waals surface area (Å²) in [6.45, 7) is -0.632. The molecule has 1 aliphatic carbocycles. The molecule has 0 atom stereocenters. The molecular formula is C10H13F2N3O. The summed E-state index contributed by atoms with van der Waals surface area (Å²) in [5.74, 6) is 0.743. The maximum Gasteiger partial charge on any atom is 0.345 e. The van der Waals surface area contributed by atoms with Gasteiger partial charge >= 0.3 is 5.69 Å². The van der Waals surface area contributed by atoms with Crippen molar-refractivity contribution in [1.82, 2.24) is 14.3 Å². The molecule has 0 unspecified atom stereocenters. The molecule has 2 rings (SSSR count). The monoisotopic (exact) mass is 229 g/mol. The molecule has 0 aromatic carbocycles. The van der Waals surface area contributed by atoms with Gasteiger partial charge in [-0.2, -0.15) is 5.10 Å². The summed E-state index contributed by atoms with van der Waals surface area (Å²) in [5, 5.41) is 3.98. The zero-order valence-electron chi connectivity index (χ0n) is 8.94. The molecule has 0 saturated heterocycles. The molecular weight excluding hydrogens is 216 g/mol. The average Bonchev–Trinajstić information content (AvgIpc) is 2.81. The van der Waals surface area contributed by atoms with Gasteiger partial charge in [0.15, 0.2) is 0 Å². The Hall–Kier alpha value is -1.46. The largest absolute Gasteiger partial charge is 0.345 e. The highest BCUT2D eigenvalue weighted by atomic mass is 19.3. The van der Waals surface area contributed by atoms with Gasteiger partial charge in [0.2, 0.25) is 0 Å². The van der Waals surface area contributed by atoms with E-state index in [2.05, 4.69) is 5.10 Å². The third-order valence-corrected chi connectivity index (χ3v) is 2.76. The molecule has 88 valence electrons. The van der Waals surface area contributed by atoms with Crippen LogP contribution in [-0.4, -0.2) is 20.8 Å². The molecule has 16 heavy (non-hydrogen) atoms. The molecule has 0 saturated carbocycles. The van der Waals surface area contributed by atoms with Crippen LogP contribution < -0.4 is 5.69 Å². The predicted octanol–water partition coefficient (Wildman–Crippen LogP) is 1.28. The third-order valence-electron chi connectivity index (χ3n) is 2.76. The lowest BCUT2D eigenvalue weighted by Crippen LogP contribution is -2.25. The van der Waals surface area contributed by atoms with Crippen LogP contribution in [0.5, 0.6) is 0 Å². The van der Waals surface area contributed by atoms with Crippen molar-refractivity contribution in [2.75, 3.05) is 0 Å². The topological polar surface area (TPSA) is 39.8 Å². The van der Waals surface area contributed by atoms with Crippen molar-refractivity contribution >= 4 is 0 Å². The lowest BCUT2D eigenvalue weighted by molar-refractivity contribution is 0.120. The maximum absolute atomic E-state index is 12.2. The highest BCUT2D eigenvalue weighted by Crippen LogP contribution is 2.26. The second-order valence-electron chi connectivity index (χ2n) is 3.91. The van der Waals surface area contributed by atoms with Crippen LogP contribution in [0.15, 0.2) is 16.9 Å². The first-order valence-electron chi connectivity index (χ1n) is 5.16. The molecule has 0 bridgehead atoms. The molecule has 0 N–H and O–H groups in total. The predicted molar refractivity (Wildman–Crippen MR) is 54.6 cm³/mol. The van der Waals surface area contributed by atoms with E-state index in [1.165, 1.54) is 4.57 Å². The Balaban J connectivity index is 2.29. The first kappa shape index (κ1) is 11.0. The SMILES string of the molecule is Cn1c(C2CC=CC2)nn(CC(F)F)c1=O. The van der Waals surface area contributed by atoms with Gasteiger partial charge in [-0.15, -0.1) is 0 Å². The molecule has 4 nitrogen and oxygen atoms in total. The van der Waals surface area contributed by atoms with E-state index in [-0.39, 0.29) is 5.92 Å². The number of halogens is 2. The number of hydrogen-bond acceptors (Lipinski definition) is 2. The minimum atomic E-state index is -2.55. The Morgan fingerprint density at radius 2 is 2.12 bits per heavy atom. The smallest absolute Gasteiger partial charge is 0.282 e. The summed E-state index contributed by atoms with van der Waals surface area (Å²) in [5.41, 5.74) is -0.470. The van der Waals surface area contributed by atoms with Crippen LogP contribution in [0.3, 0.4) is 0 Å². The molecule has 1 aromatic rings. The molecule has 0 radical (unpaired) electrons. The minimum absolute atomic E-state index is 0.150. The van der Waals surface area contributed by atoms with Crippen LogP contribution in [0.25, 0.3) is 0 Å². The lowest BCUT2D eigenvalue weighted by Gasteiger charge is -2.06. The molecule has 1 aliphatic rings. The molecule has 0 spiro atoms. The van der Waals surface area contributed by atoms with Crippen LogP contribution in [-0.2, 0) is 13.6 Å². The Morgan fingerprint density at radius 1 is 1.50 bits per heavy atom. The van der Waals surface area contributed by atoms with Gasteiger partial charge in [0.25, 0.3) is 6.43 Å². The fourth-order valence-electron chi connectivity index (χ4n) is 1.94.